The number of fused-ring (bicyclic) bond motifs is 1. The first-order chi connectivity index (χ1) is 13.2. The van der Waals surface area contributed by atoms with Crippen molar-refractivity contribution in [1.82, 2.24) is 19.5 Å². The molecule has 0 amide bonds. The van der Waals surface area contributed by atoms with Gasteiger partial charge in [0.15, 0.2) is 23.1 Å². The molecule has 1 aliphatic rings. The molecule has 0 aromatic carbocycles. The summed E-state index contributed by atoms with van der Waals surface area (Å²) >= 11 is 11.9. The molecule has 3 heterocycles. The van der Waals surface area contributed by atoms with E-state index in [-0.39, 0.29) is 21.6 Å². The molecular weight excluding hydrogens is 419 g/mol. The maximum atomic E-state index is 11.6. The predicted octanol–water partition coefficient (Wildman–Crippen LogP) is 1.41. The van der Waals surface area contributed by atoms with E-state index in [2.05, 4.69) is 15.0 Å². The summed E-state index contributed by atoms with van der Waals surface area (Å²) in [5.74, 6) is -2.05. The van der Waals surface area contributed by atoms with Crippen LogP contribution >= 0.6 is 23.2 Å². The van der Waals surface area contributed by atoms with Crippen LogP contribution in [0.5, 0.6) is 0 Å². The fraction of sp³-hybridized carbons (Fsp3) is 0.467. The van der Waals surface area contributed by atoms with Crippen molar-refractivity contribution in [3.05, 3.63) is 16.8 Å². The molecule has 4 atom stereocenters. The summed E-state index contributed by atoms with van der Waals surface area (Å²) < 4.78 is 22.6. The van der Waals surface area contributed by atoms with Crippen LogP contribution in [0.25, 0.3) is 11.2 Å². The van der Waals surface area contributed by atoms with E-state index in [4.69, 9.17) is 42.1 Å². The van der Waals surface area contributed by atoms with Crippen LogP contribution in [0.2, 0.25) is 10.4 Å². The highest BCUT2D eigenvalue weighted by Gasteiger charge is 2.52. The first-order valence-corrected chi connectivity index (χ1v) is 8.65. The van der Waals surface area contributed by atoms with Gasteiger partial charge >= 0.3 is 17.9 Å². The van der Waals surface area contributed by atoms with Crippen LogP contribution in [0, 0.1) is 0 Å². The van der Waals surface area contributed by atoms with E-state index in [1.807, 2.05) is 0 Å². The fourth-order valence-electron chi connectivity index (χ4n) is 2.77. The number of hydrogen-bond donors (Lipinski definition) is 0. The van der Waals surface area contributed by atoms with Gasteiger partial charge in [0.2, 0.25) is 17.7 Å². The normalized spacial score (nSPS) is 24.2. The Bertz CT molecular complexity index is 950. The Morgan fingerprint density at radius 1 is 1.00 bits per heavy atom. The lowest BCUT2D eigenvalue weighted by Gasteiger charge is -2.23. The molecule has 150 valence electrons. The number of esters is 3. The molecule has 1 fully saturated rings. The molecule has 2 aromatic heterocycles. The molecule has 0 aliphatic carbocycles. The van der Waals surface area contributed by atoms with Crippen LogP contribution in [0.15, 0.2) is 6.33 Å². The number of carbonyl (C=O) groups excluding carboxylic acids is 3. The van der Waals surface area contributed by atoms with Gasteiger partial charge < -0.3 is 18.9 Å². The lowest BCUT2D eigenvalue weighted by Crippen LogP contribution is -2.40. The summed E-state index contributed by atoms with van der Waals surface area (Å²) in [7, 11) is 0. The monoisotopic (exact) mass is 432 g/mol. The minimum Gasteiger partial charge on any atom is -0.453 e. The largest absolute Gasteiger partial charge is 0.453 e. The van der Waals surface area contributed by atoms with E-state index < -0.39 is 42.6 Å². The van der Waals surface area contributed by atoms with Crippen molar-refractivity contribution in [2.24, 2.45) is 0 Å². The molecule has 0 bridgehead atoms. The van der Waals surface area contributed by atoms with Gasteiger partial charge in [-0.15, -0.1) is 0 Å². The van der Waals surface area contributed by atoms with E-state index >= 15 is 0 Å². The van der Waals surface area contributed by atoms with Gasteiger partial charge in [-0.2, -0.15) is 4.98 Å². The van der Waals surface area contributed by atoms with Crippen LogP contribution in [-0.4, -0.2) is 55.9 Å². The summed E-state index contributed by atoms with van der Waals surface area (Å²) in [6.45, 7) is 3.48. The molecule has 0 spiro atoms. The Kier molecular flexibility index (Phi) is 5.68. The maximum Gasteiger partial charge on any atom is 0.305 e. The molecule has 0 saturated carbocycles. The van der Waals surface area contributed by atoms with Gasteiger partial charge in [-0.05, 0) is 11.6 Å². The SMILES string of the molecule is CC(=O)O[C@H]1O[C@@H](n2cnc3c(Cl)nc(Cl)nc32)[C@H](OC(C)=O)[C@@H]1OC(C)=O. The minimum atomic E-state index is -1.33. The zero-order valence-corrected chi connectivity index (χ0v) is 16.3. The number of halogens is 2. The number of rotatable bonds is 4. The van der Waals surface area contributed by atoms with E-state index in [0.29, 0.717) is 0 Å². The lowest BCUT2D eigenvalue weighted by molar-refractivity contribution is -0.198. The highest BCUT2D eigenvalue weighted by molar-refractivity contribution is 6.35. The van der Waals surface area contributed by atoms with Crippen molar-refractivity contribution in [2.75, 3.05) is 0 Å². The zero-order valence-electron chi connectivity index (χ0n) is 14.8. The lowest BCUT2D eigenvalue weighted by atomic mass is 10.2. The van der Waals surface area contributed by atoms with E-state index in [9.17, 15) is 14.4 Å². The Balaban J connectivity index is 2.08. The van der Waals surface area contributed by atoms with Gasteiger partial charge in [0.25, 0.3) is 0 Å². The standard InChI is InChI=1S/C15H14Cl2N4O7/c1-5(22)25-9-10(26-6(2)23)14(27-7(3)24)28-13(9)21-4-18-8-11(16)19-15(17)20-12(8)21/h4,9-10,13-14H,1-3H3/t9-,10+,13-,14+/m1/s1. The second kappa shape index (κ2) is 7.86. The second-order valence-electron chi connectivity index (χ2n) is 5.76. The highest BCUT2D eigenvalue weighted by atomic mass is 35.5. The van der Waals surface area contributed by atoms with Crippen molar-refractivity contribution >= 4 is 52.3 Å². The fourth-order valence-corrected chi connectivity index (χ4v) is 3.19. The number of carbonyl (C=O) groups is 3. The van der Waals surface area contributed by atoms with Gasteiger partial charge in [-0.1, -0.05) is 11.6 Å². The Labute approximate surface area is 167 Å². The third-order valence-electron chi connectivity index (χ3n) is 3.66. The van der Waals surface area contributed by atoms with Crippen LogP contribution in [-0.2, 0) is 33.3 Å². The Morgan fingerprint density at radius 2 is 1.61 bits per heavy atom. The average molecular weight is 433 g/mol. The van der Waals surface area contributed by atoms with Gasteiger partial charge in [0.05, 0.1) is 6.33 Å². The molecule has 0 unspecified atom stereocenters. The molecule has 13 heteroatoms. The van der Waals surface area contributed by atoms with E-state index in [0.717, 1.165) is 13.8 Å². The number of aromatic nitrogens is 4. The third kappa shape index (κ3) is 4.01. The smallest absolute Gasteiger partial charge is 0.305 e. The molecular formula is C15H14Cl2N4O7. The molecule has 1 saturated heterocycles. The van der Waals surface area contributed by atoms with Crippen LogP contribution < -0.4 is 0 Å². The summed E-state index contributed by atoms with van der Waals surface area (Å²) in [6, 6.07) is 0. The molecule has 2 aromatic rings. The van der Waals surface area contributed by atoms with Gasteiger partial charge in [-0.25, -0.2) is 9.97 Å². The average Bonchev–Trinajstić information content (AvgIpc) is 3.09. The van der Waals surface area contributed by atoms with E-state index in [1.54, 1.807) is 0 Å². The predicted molar refractivity (Wildman–Crippen MR) is 92.1 cm³/mol. The van der Waals surface area contributed by atoms with Gasteiger partial charge in [0.1, 0.15) is 5.52 Å². The zero-order chi connectivity index (χ0) is 20.6. The molecule has 1 aliphatic heterocycles. The second-order valence-corrected chi connectivity index (χ2v) is 6.46. The maximum absolute atomic E-state index is 11.6. The van der Waals surface area contributed by atoms with Crippen LogP contribution in [0.1, 0.15) is 27.0 Å². The summed E-state index contributed by atoms with van der Waals surface area (Å²) in [6.07, 6.45) is -3.52. The number of hydrogen-bond acceptors (Lipinski definition) is 10. The first kappa shape index (κ1) is 20.2. The number of ether oxygens (including phenoxy) is 4. The van der Waals surface area contributed by atoms with Gasteiger partial charge in [0, 0.05) is 20.8 Å². The highest BCUT2D eigenvalue weighted by Crippen LogP contribution is 2.36. The number of imidazole rings is 1. The van der Waals surface area contributed by atoms with Crippen molar-refractivity contribution in [2.45, 2.75) is 45.5 Å². The van der Waals surface area contributed by atoms with Crippen LogP contribution in [0.3, 0.4) is 0 Å². The molecule has 28 heavy (non-hydrogen) atoms. The topological polar surface area (TPSA) is 132 Å². The van der Waals surface area contributed by atoms with Crippen LogP contribution in [0.4, 0.5) is 0 Å². The van der Waals surface area contributed by atoms with Gasteiger partial charge in [-0.3, -0.25) is 19.0 Å². The quantitative estimate of drug-likeness (QED) is 0.302. The molecule has 11 nitrogen and oxygen atoms in total. The summed E-state index contributed by atoms with van der Waals surface area (Å²) in [4.78, 5) is 46.5. The molecule has 0 radical (unpaired) electrons. The van der Waals surface area contributed by atoms with Crippen molar-refractivity contribution in [1.29, 1.82) is 0 Å². The first-order valence-electron chi connectivity index (χ1n) is 7.90. The summed E-state index contributed by atoms with van der Waals surface area (Å²) in [5, 5.41) is -0.141. The number of nitrogens with zero attached hydrogens (tertiary/aromatic N) is 4. The van der Waals surface area contributed by atoms with Crippen molar-refractivity contribution in [3.8, 4) is 0 Å². The Morgan fingerprint density at radius 3 is 2.21 bits per heavy atom. The third-order valence-corrected chi connectivity index (χ3v) is 4.09. The molecule has 0 N–H and O–H groups in total. The Hall–Kier alpha value is -2.50. The van der Waals surface area contributed by atoms with Crippen molar-refractivity contribution in [3.63, 3.8) is 0 Å². The van der Waals surface area contributed by atoms with E-state index in [1.165, 1.54) is 17.8 Å². The van der Waals surface area contributed by atoms with Crippen molar-refractivity contribution < 1.29 is 33.3 Å². The minimum absolute atomic E-state index is 0.00357. The molecule has 3 rings (SSSR count). The summed E-state index contributed by atoms with van der Waals surface area (Å²) in [5.41, 5.74) is 0.397.